The number of hydrogen-bond donors (Lipinski definition) is 4. The fourth-order valence-corrected chi connectivity index (χ4v) is 4.05. The van der Waals surface area contributed by atoms with Gasteiger partial charge in [0.2, 0.25) is 0 Å². The Morgan fingerprint density at radius 2 is 2.07 bits per heavy atom. The minimum atomic E-state index is -0.929. The summed E-state index contributed by atoms with van der Waals surface area (Å²) in [6.07, 6.45) is 3.56. The molecule has 3 aromatic heterocycles. The van der Waals surface area contributed by atoms with Gasteiger partial charge in [0, 0.05) is 12.1 Å². The lowest BCUT2D eigenvalue weighted by molar-refractivity contribution is -0.00133. The molecule has 3 heterocycles. The zero-order valence-corrected chi connectivity index (χ0v) is 14.9. The van der Waals surface area contributed by atoms with E-state index in [1.807, 2.05) is 35.0 Å². The molecule has 1 aromatic carbocycles. The van der Waals surface area contributed by atoms with Gasteiger partial charge in [-0.15, -0.1) is 0 Å². The first-order valence-electron chi connectivity index (χ1n) is 9.11. The van der Waals surface area contributed by atoms with Crippen molar-refractivity contribution < 1.29 is 14.9 Å². The Hall–Kier alpha value is -3.17. The molecule has 0 aliphatic heterocycles. The number of fused-ring (bicyclic) bond motifs is 2. The third-order valence-electron chi connectivity index (χ3n) is 5.53. The van der Waals surface area contributed by atoms with Crippen molar-refractivity contribution >= 4 is 27.9 Å². The Balaban J connectivity index is 1.37. The van der Waals surface area contributed by atoms with Crippen LogP contribution < -0.4 is 10.5 Å². The molecule has 28 heavy (non-hydrogen) atoms. The van der Waals surface area contributed by atoms with Crippen LogP contribution in [0.5, 0.6) is 5.75 Å². The molecule has 0 amide bonds. The lowest BCUT2D eigenvalue weighted by atomic mass is 10.1. The molecular weight excluding hydrogens is 360 g/mol. The summed E-state index contributed by atoms with van der Waals surface area (Å²) in [5.74, 6) is 0.811. The third-order valence-corrected chi connectivity index (χ3v) is 5.53. The Kier molecular flexibility index (Phi) is 3.92. The van der Waals surface area contributed by atoms with Crippen molar-refractivity contribution in [2.45, 2.75) is 24.7 Å². The third kappa shape index (κ3) is 2.59. The van der Waals surface area contributed by atoms with Gasteiger partial charge in [-0.1, -0.05) is 6.07 Å². The lowest BCUT2D eigenvalue weighted by Crippen LogP contribution is -2.31. The number of aliphatic hydroxyl groups is 2. The average Bonchev–Trinajstić information content (AvgIpc) is 3.40. The van der Waals surface area contributed by atoms with Crippen LogP contribution >= 0.6 is 0 Å². The molecule has 0 saturated heterocycles. The van der Waals surface area contributed by atoms with Crippen LogP contribution in [0.2, 0.25) is 0 Å². The van der Waals surface area contributed by atoms with Crippen molar-refractivity contribution in [3.05, 3.63) is 43.1 Å². The second-order valence-corrected chi connectivity index (χ2v) is 7.13. The number of H-pyrrole nitrogens is 1. The molecule has 9 nitrogen and oxygen atoms in total. The average molecular weight is 380 g/mol. The number of imidazole rings is 1. The Bertz CT molecular complexity index is 1140. The number of benzene rings is 1. The number of nitrogens with two attached hydrogens (primary N) is 1. The fourth-order valence-electron chi connectivity index (χ4n) is 4.05. The first kappa shape index (κ1) is 17.0. The van der Waals surface area contributed by atoms with Crippen LogP contribution in [0.4, 0.5) is 5.82 Å². The van der Waals surface area contributed by atoms with Crippen LogP contribution in [-0.2, 0) is 0 Å². The second-order valence-electron chi connectivity index (χ2n) is 7.13. The number of aromatic amines is 1. The summed E-state index contributed by atoms with van der Waals surface area (Å²) >= 11 is 0. The fraction of sp³-hybridized carbons (Fsp3) is 0.316. The smallest absolute Gasteiger partial charge is 0.147 e. The highest BCUT2D eigenvalue weighted by Crippen LogP contribution is 2.38. The van der Waals surface area contributed by atoms with Crippen molar-refractivity contribution in [2.24, 2.45) is 5.92 Å². The highest BCUT2D eigenvalue weighted by molar-refractivity contribution is 5.86. The normalized spacial score (nSPS) is 24.9. The summed E-state index contributed by atoms with van der Waals surface area (Å²) in [4.78, 5) is 15.6. The van der Waals surface area contributed by atoms with Gasteiger partial charge >= 0.3 is 0 Å². The molecule has 0 spiro atoms. The molecule has 0 bridgehead atoms. The quantitative estimate of drug-likeness (QED) is 0.418. The Morgan fingerprint density at radius 1 is 1.18 bits per heavy atom. The molecule has 144 valence electrons. The maximum absolute atomic E-state index is 10.6. The van der Waals surface area contributed by atoms with E-state index in [2.05, 4.69) is 19.9 Å². The SMILES string of the molecule is Nc1ncnc2c1ccn2[C@@H]1C[C@H](COc2cccc3[nH]cnc23)[C@@H](O)[C@H]1O. The van der Waals surface area contributed by atoms with E-state index in [4.69, 9.17) is 10.5 Å². The van der Waals surface area contributed by atoms with E-state index in [0.29, 0.717) is 23.6 Å². The van der Waals surface area contributed by atoms with E-state index in [0.717, 1.165) is 16.4 Å². The first-order valence-corrected chi connectivity index (χ1v) is 9.11. The number of rotatable bonds is 4. The molecule has 9 heteroatoms. The van der Waals surface area contributed by atoms with Crippen LogP contribution in [0.3, 0.4) is 0 Å². The Labute approximate surface area is 159 Å². The van der Waals surface area contributed by atoms with E-state index >= 15 is 0 Å². The zero-order valence-electron chi connectivity index (χ0n) is 14.9. The van der Waals surface area contributed by atoms with Gasteiger partial charge < -0.3 is 30.2 Å². The summed E-state index contributed by atoms with van der Waals surface area (Å²) in [6, 6.07) is 7.15. The maximum Gasteiger partial charge on any atom is 0.147 e. The molecule has 1 fully saturated rings. The number of nitrogens with one attached hydrogen (secondary N) is 1. The number of anilines is 1. The number of nitrogen functional groups attached to an aromatic ring is 1. The number of aromatic nitrogens is 5. The highest BCUT2D eigenvalue weighted by Gasteiger charge is 2.43. The molecule has 0 radical (unpaired) electrons. The summed E-state index contributed by atoms with van der Waals surface area (Å²) in [6.45, 7) is 0.275. The molecule has 5 rings (SSSR count). The first-order chi connectivity index (χ1) is 13.6. The van der Waals surface area contributed by atoms with Gasteiger partial charge in [-0.2, -0.15) is 0 Å². The predicted octanol–water partition coefficient (Wildman–Crippen LogP) is 1.25. The van der Waals surface area contributed by atoms with Gasteiger partial charge in [0.25, 0.3) is 0 Å². The lowest BCUT2D eigenvalue weighted by Gasteiger charge is -2.19. The van der Waals surface area contributed by atoms with Crippen LogP contribution in [0.25, 0.3) is 22.1 Å². The molecule has 1 aliphatic carbocycles. The van der Waals surface area contributed by atoms with Crippen molar-refractivity contribution in [2.75, 3.05) is 12.3 Å². The van der Waals surface area contributed by atoms with Crippen molar-refractivity contribution in [3.8, 4) is 5.75 Å². The molecule has 1 saturated carbocycles. The van der Waals surface area contributed by atoms with E-state index in [-0.39, 0.29) is 18.6 Å². The van der Waals surface area contributed by atoms with Crippen LogP contribution in [0.1, 0.15) is 12.5 Å². The molecule has 4 aromatic rings. The number of nitrogens with zero attached hydrogens (tertiary/aromatic N) is 4. The summed E-state index contributed by atoms with van der Waals surface area (Å²) in [5.41, 5.74) is 8.18. The van der Waals surface area contributed by atoms with Crippen LogP contribution in [0.15, 0.2) is 43.1 Å². The van der Waals surface area contributed by atoms with E-state index in [1.54, 1.807) is 6.33 Å². The minimum Gasteiger partial charge on any atom is -0.491 e. The number of ether oxygens (including phenoxy) is 1. The summed E-state index contributed by atoms with van der Waals surface area (Å²) < 4.78 is 7.80. The van der Waals surface area contributed by atoms with Crippen molar-refractivity contribution in [1.29, 1.82) is 0 Å². The van der Waals surface area contributed by atoms with Gasteiger partial charge in [-0.3, -0.25) is 0 Å². The zero-order chi connectivity index (χ0) is 19.3. The topological polar surface area (TPSA) is 135 Å². The van der Waals surface area contributed by atoms with Crippen molar-refractivity contribution in [1.82, 2.24) is 24.5 Å². The molecule has 1 aliphatic rings. The monoisotopic (exact) mass is 380 g/mol. The number of para-hydroxylation sites is 1. The van der Waals surface area contributed by atoms with E-state index < -0.39 is 12.2 Å². The largest absolute Gasteiger partial charge is 0.491 e. The minimum absolute atomic E-state index is 0.231. The Morgan fingerprint density at radius 3 is 2.96 bits per heavy atom. The summed E-state index contributed by atoms with van der Waals surface area (Å²) in [5, 5.41) is 22.0. The van der Waals surface area contributed by atoms with Crippen LogP contribution in [0, 0.1) is 5.92 Å². The molecule has 4 atom stereocenters. The summed E-state index contributed by atoms with van der Waals surface area (Å²) in [7, 11) is 0. The van der Waals surface area contributed by atoms with Gasteiger partial charge in [0.15, 0.2) is 0 Å². The van der Waals surface area contributed by atoms with Gasteiger partial charge in [0.1, 0.15) is 35.2 Å². The maximum atomic E-state index is 10.6. The number of hydrogen-bond acceptors (Lipinski definition) is 7. The van der Waals surface area contributed by atoms with Crippen molar-refractivity contribution in [3.63, 3.8) is 0 Å². The second kappa shape index (κ2) is 6.47. The van der Waals surface area contributed by atoms with Gasteiger partial charge in [-0.25, -0.2) is 15.0 Å². The van der Waals surface area contributed by atoms with E-state index in [1.165, 1.54) is 6.33 Å². The highest BCUT2D eigenvalue weighted by atomic mass is 16.5. The predicted molar refractivity (Wildman–Crippen MR) is 103 cm³/mol. The molecular formula is C19H20N6O3. The van der Waals surface area contributed by atoms with Crippen LogP contribution in [-0.4, -0.2) is 53.5 Å². The molecule has 0 unspecified atom stereocenters. The van der Waals surface area contributed by atoms with E-state index in [9.17, 15) is 10.2 Å². The van der Waals surface area contributed by atoms with Gasteiger partial charge in [-0.05, 0) is 24.6 Å². The van der Waals surface area contributed by atoms with Gasteiger partial charge in [0.05, 0.1) is 36.0 Å². The molecule has 5 N–H and O–H groups in total. The standard InChI is InChI=1S/C19H20N6O3/c20-18-11-4-5-25(19(11)24-9-23-18)13-6-10(16(26)17(13)27)7-28-14-3-1-2-12-15(14)22-8-21-12/h1-5,8-10,13,16-17,26-27H,6-7H2,(H,21,22)(H2,20,23,24)/t10-,13-,16-,17+/m1/s1. The number of aliphatic hydroxyl groups excluding tert-OH is 2.